The van der Waals surface area contributed by atoms with Crippen LogP contribution < -0.4 is 21.7 Å². The highest BCUT2D eigenvalue weighted by Crippen LogP contribution is 2.44. The minimum Gasteiger partial charge on any atom is -0.0706 e. The Morgan fingerprint density at radius 1 is 0.577 bits per heavy atom. The molecule has 1 aliphatic rings. The van der Waals surface area contributed by atoms with Gasteiger partial charge in [-0.05, 0) is 27.7 Å². The first-order chi connectivity index (χ1) is 12.6. The molecule has 0 bridgehead atoms. The summed E-state index contributed by atoms with van der Waals surface area (Å²) >= 11 is 0. The molecule has 0 N–H and O–H groups in total. The Balaban J connectivity index is 1.95. The van der Waals surface area contributed by atoms with E-state index >= 15 is 0 Å². The van der Waals surface area contributed by atoms with Crippen molar-refractivity contribution in [2.45, 2.75) is 39.0 Å². The summed E-state index contributed by atoms with van der Waals surface area (Å²) in [4.78, 5) is 0. The maximum absolute atomic E-state index is 2.39. The van der Waals surface area contributed by atoms with Crippen LogP contribution in [0.25, 0.3) is 11.1 Å². The second-order valence-corrected chi connectivity index (χ2v) is 11.1. The van der Waals surface area contributed by atoms with Gasteiger partial charge in [0.05, 0.1) is 0 Å². The molecule has 0 unspecified atom stereocenters. The fourth-order valence-electron chi connectivity index (χ4n) is 4.61. The lowest BCUT2D eigenvalue weighted by atomic mass is 9.39. The molecular formula is C24H26BP. The van der Waals surface area contributed by atoms with Crippen molar-refractivity contribution in [3.05, 3.63) is 72.8 Å². The quantitative estimate of drug-likeness (QED) is 0.381. The van der Waals surface area contributed by atoms with Crippen LogP contribution >= 0.6 is 7.92 Å². The molecule has 3 aromatic carbocycles. The van der Waals surface area contributed by atoms with Crippen LogP contribution in [0.3, 0.4) is 0 Å². The summed E-state index contributed by atoms with van der Waals surface area (Å²) in [6.45, 7) is 9.91. The van der Waals surface area contributed by atoms with Gasteiger partial charge in [-0.3, -0.25) is 0 Å². The number of hydrogen-bond donors (Lipinski definition) is 0. The third-order valence-corrected chi connectivity index (χ3v) is 8.66. The standard InChI is InChI=1S/C24H26BP/c1-17(2)26(18(3)4)24-16-10-9-15-23(24)25-21-13-7-5-11-19(21)20-12-6-8-14-22(20)25/h5-18H,1-4H3. The van der Waals surface area contributed by atoms with Gasteiger partial charge in [0.15, 0.2) is 0 Å². The zero-order valence-electron chi connectivity index (χ0n) is 16.1. The van der Waals surface area contributed by atoms with E-state index in [-0.39, 0.29) is 7.92 Å². The molecule has 2 heteroatoms. The van der Waals surface area contributed by atoms with Crippen LogP contribution in [0.15, 0.2) is 72.8 Å². The molecule has 0 fully saturated rings. The Morgan fingerprint density at radius 3 is 1.50 bits per heavy atom. The molecule has 3 aromatic rings. The number of hydrogen-bond acceptors (Lipinski definition) is 0. The maximum Gasteiger partial charge on any atom is 0.243 e. The van der Waals surface area contributed by atoms with Crippen molar-refractivity contribution in [3.63, 3.8) is 0 Å². The fraction of sp³-hybridized carbons (Fsp3) is 0.250. The van der Waals surface area contributed by atoms with Gasteiger partial charge in [-0.1, -0.05) is 125 Å². The topological polar surface area (TPSA) is 0 Å². The van der Waals surface area contributed by atoms with E-state index in [0.717, 1.165) is 0 Å². The van der Waals surface area contributed by atoms with Gasteiger partial charge >= 0.3 is 0 Å². The molecule has 0 saturated heterocycles. The van der Waals surface area contributed by atoms with Gasteiger partial charge in [-0.25, -0.2) is 0 Å². The molecule has 0 amide bonds. The summed E-state index contributed by atoms with van der Waals surface area (Å²) in [5.41, 5.74) is 8.63. The van der Waals surface area contributed by atoms with Gasteiger partial charge in [0.2, 0.25) is 6.71 Å². The van der Waals surface area contributed by atoms with Crippen molar-refractivity contribution in [3.8, 4) is 11.1 Å². The Bertz CT molecular complexity index is 875. The van der Waals surface area contributed by atoms with Crippen LogP contribution in [0, 0.1) is 0 Å². The van der Waals surface area contributed by atoms with Crippen molar-refractivity contribution in [2.24, 2.45) is 0 Å². The van der Waals surface area contributed by atoms with E-state index in [2.05, 4.69) is 100 Å². The summed E-state index contributed by atoms with van der Waals surface area (Å²) in [7, 11) is -0.189. The van der Waals surface area contributed by atoms with E-state index in [1.807, 2.05) is 0 Å². The Hall–Kier alpha value is -1.85. The first-order valence-corrected chi connectivity index (χ1v) is 11.1. The smallest absolute Gasteiger partial charge is 0.0706 e. The lowest BCUT2D eigenvalue weighted by molar-refractivity contribution is 1.02. The van der Waals surface area contributed by atoms with Crippen LogP contribution in [0.4, 0.5) is 0 Å². The molecule has 1 aliphatic heterocycles. The lowest BCUT2D eigenvalue weighted by Crippen LogP contribution is -2.54. The summed E-state index contributed by atoms with van der Waals surface area (Å²) in [6.07, 6.45) is 0. The fourth-order valence-corrected chi connectivity index (χ4v) is 7.68. The first kappa shape index (κ1) is 17.6. The van der Waals surface area contributed by atoms with Crippen molar-refractivity contribution in [2.75, 3.05) is 0 Å². The number of fused-ring (bicyclic) bond motifs is 3. The Labute approximate surface area is 159 Å². The average Bonchev–Trinajstić information content (AvgIpc) is 2.96. The SMILES string of the molecule is CC(C)P(c1ccccc1B1c2ccccc2-c2ccccc21)C(C)C. The molecule has 26 heavy (non-hydrogen) atoms. The summed E-state index contributed by atoms with van der Waals surface area (Å²) in [5, 5.41) is 1.59. The van der Waals surface area contributed by atoms with Gasteiger partial charge in [0.1, 0.15) is 0 Å². The molecule has 0 saturated carbocycles. The molecule has 0 aromatic heterocycles. The van der Waals surface area contributed by atoms with E-state index in [9.17, 15) is 0 Å². The second-order valence-electron chi connectivity index (χ2n) is 7.76. The minimum absolute atomic E-state index is 0.189. The summed E-state index contributed by atoms with van der Waals surface area (Å²) in [6, 6.07) is 27.1. The highest BCUT2D eigenvalue weighted by molar-refractivity contribution is 7.67. The lowest BCUT2D eigenvalue weighted by Gasteiger charge is -2.30. The van der Waals surface area contributed by atoms with Crippen molar-refractivity contribution < 1.29 is 0 Å². The molecule has 0 spiro atoms. The van der Waals surface area contributed by atoms with Gasteiger partial charge in [0.25, 0.3) is 0 Å². The highest BCUT2D eigenvalue weighted by Gasteiger charge is 2.35. The van der Waals surface area contributed by atoms with Crippen LogP contribution in [0.5, 0.6) is 0 Å². The van der Waals surface area contributed by atoms with Crippen molar-refractivity contribution in [1.82, 2.24) is 0 Å². The third-order valence-electron chi connectivity index (χ3n) is 5.47. The molecule has 1 heterocycles. The summed E-state index contributed by atoms with van der Waals surface area (Å²) in [5.74, 6) is 0. The zero-order chi connectivity index (χ0) is 18.3. The third kappa shape index (κ3) is 2.83. The maximum atomic E-state index is 2.39. The number of benzene rings is 3. The van der Waals surface area contributed by atoms with Crippen LogP contribution in [-0.4, -0.2) is 18.0 Å². The monoisotopic (exact) mass is 356 g/mol. The largest absolute Gasteiger partial charge is 0.243 e. The Morgan fingerprint density at radius 2 is 1.00 bits per heavy atom. The molecule has 0 atom stereocenters. The van der Waals surface area contributed by atoms with Gasteiger partial charge in [-0.15, -0.1) is 0 Å². The van der Waals surface area contributed by atoms with Gasteiger partial charge in [-0.2, -0.15) is 0 Å². The molecular weight excluding hydrogens is 330 g/mol. The van der Waals surface area contributed by atoms with E-state index in [4.69, 9.17) is 0 Å². The van der Waals surface area contributed by atoms with E-state index < -0.39 is 0 Å². The van der Waals surface area contributed by atoms with E-state index in [1.54, 1.807) is 5.30 Å². The zero-order valence-corrected chi connectivity index (χ0v) is 17.0. The molecule has 130 valence electrons. The highest BCUT2D eigenvalue weighted by atomic mass is 31.1. The predicted molar refractivity (Wildman–Crippen MR) is 120 cm³/mol. The minimum atomic E-state index is -0.189. The Kier molecular flexibility index (Phi) is 4.76. The molecule has 4 rings (SSSR count). The summed E-state index contributed by atoms with van der Waals surface area (Å²) < 4.78 is 0. The van der Waals surface area contributed by atoms with Crippen LogP contribution in [-0.2, 0) is 0 Å². The van der Waals surface area contributed by atoms with Crippen LogP contribution in [0.2, 0.25) is 0 Å². The predicted octanol–water partition coefficient (Wildman–Crippen LogP) is 4.11. The molecule has 0 radical (unpaired) electrons. The first-order valence-electron chi connectivity index (χ1n) is 9.65. The normalized spacial score (nSPS) is 12.8. The average molecular weight is 356 g/mol. The van der Waals surface area contributed by atoms with Gasteiger partial charge < -0.3 is 0 Å². The van der Waals surface area contributed by atoms with Crippen LogP contribution in [0.1, 0.15) is 27.7 Å². The molecule has 0 aliphatic carbocycles. The second kappa shape index (κ2) is 7.05. The van der Waals surface area contributed by atoms with Crippen molar-refractivity contribution >= 4 is 36.3 Å². The molecule has 0 nitrogen and oxygen atoms in total. The van der Waals surface area contributed by atoms with E-state index in [1.165, 1.54) is 27.5 Å². The number of rotatable bonds is 4. The van der Waals surface area contributed by atoms with Gasteiger partial charge in [0, 0.05) is 0 Å². The van der Waals surface area contributed by atoms with E-state index in [0.29, 0.717) is 18.0 Å². The van der Waals surface area contributed by atoms with Crippen molar-refractivity contribution in [1.29, 1.82) is 0 Å².